The van der Waals surface area contributed by atoms with Crippen molar-refractivity contribution < 1.29 is 4.79 Å². The number of pyridine rings is 1. The first-order chi connectivity index (χ1) is 7.61. The average molecular weight is 238 g/mol. The third-order valence-corrected chi connectivity index (χ3v) is 2.22. The summed E-state index contributed by atoms with van der Waals surface area (Å²) >= 11 is 4.91. The minimum Gasteiger partial charge on any atom is -0.389 e. The second kappa shape index (κ2) is 6.02. The summed E-state index contributed by atoms with van der Waals surface area (Å²) in [5, 5.41) is 3.11. The Morgan fingerprint density at radius 2 is 2.25 bits per heavy atom. The molecule has 0 spiro atoms. The Labute approximate surface area is 99.2 Å². The van der Waals surface area contributed by atoms with E-state index in [9.17, 15) is 4.79 Å². The minimum absolute atomic E-state index is 0.303. The van der Waals surface area contributed by atoms with Crippen LogP contribution >= 0.6 is 12.2 Å². The van der Waals surface area contributed by atoms with Gasteiger partial charge in [0, 0.05) is 24.7 Å². The molecule has 0 aliphatic rings. The summed E-state index contributed by atoms with van der Waals surface area (Å²) in [5.74, 6) is -0.303. The van der Waals surface area contributed by atoms with Crippen LogP contribution in [0.3, 0.4) is 0 Å². The van der Waals surface area contributed by atoms with Crippen LogP contribution in [-0.4, -0.2) is 22.4 Å². The first-order valence-corrected chi connectivity index (χ1v) is 5.28. The number of carbonyl (C=O) groups is 1. The molecule has 0 saturated heterocycles. The van der Waals surface area contributed by atoms with Gasteiger partial charge in [-0.3, -0.25) is 9.78 Å². The van der Waals surface area contributed by atoms with Crippen LogP contribution in [0.15, 0.2) is 18.5 Å². The fourth-order valence-corrected chi connectivity index (χ4v) is 1.41. The second-order valence-corrected chi connectivity index (χ2v) is 3.72. The van der Waals surface area contributed by atoms with Crippen LogP contribution in [0, 0.1) is 0 Å². The van der Waals surface area contributed by atoms with E-state index in [1.807, 2.05) is 0 Å². The topological polar surface area (TPSA) is 94.0 Å². The third-order valence-electron chi connectivity index (χ3n) is 2.00. The Kier molecular flexibility index (Phi) is 4.65. The molecule has 0 aromatic carbocycles. The van der Waals surface area contributed by atoms with Gasteiger partial charge in [0.05, 0.1) is 11.9 Å². The number of anilines is 1. The number of hydrogen-bond acceptors (Lipinski definition) is 4. The van der Waals surface area contributed by atoms with Gasteiger partial charge in [-0.15, -0.1) is 0 Å². The van der Waals surface area contributed by atoms with E-state index < -0.39 is 0 Å². The molecule has 1 aromatic heterocycles. The molecule has 0 saturated carbocycles. The molecular weight excluding hydrogens is 224 g/mol. The Bertz CT molecular complexity index is 394. The largest absolute Gasteiger partial charge is 0.389 e. The predicted octanol–water partition coefficient (Wildman–Crippen LogP) is 0.393. The van der Waals surface area contributed by atoms with Crippen LogP contribution in [0.2, 0.25) is 0 Å². The van der Waals surface area contributed by atoms with E-state index in [0.717, 1.165) is 11.3 Å². The molecule has 6 heteroatoms. The van der Waals surface area contributed by atoms with Gasteiger partial charge >= 0.3 is 0 Å². The molecule has 1 aromatic rings. The lowest BCUT2D eigenvalue weighted by atomic mass is 10.2. The molecule has 0 unspecified atom stereocenters. The van der Waals surface area contributed by atoms with Gasteiger partial charge in [0.25, 0.3) is 0 Å². The number of amides is 1. The van der Waals surface area contributed by atoms with E-state index >= 15 is 0 Å². The van der Waals surface area contributed by atoms with E-state index in [0.29, 0.717) is 24.4 Å². The molecule has 0 bridgehead atoms. The Morgan fingerprint density at radius 1 is 1.50 bits per heavy atom. The van der Waals surface area contributed by atoms with Crippen molar-refractivity contribution in [1.29, 1.82) is 0 Å². The van der Waals surface area contributed by atoms with Crippen molar-refractivity contribution >= 4 is 28.8 Å². The van der Waals surface area contributed by atoms with Crippen LogP contribution in [0.4, 0.5) is 5.69 Å². The van der Waals surface area contributed by atoms with Crippen molar-refractivity contribution in [1.82, 2.24) is 4.98 Å². The smallest absolute Gasteiger partial charge is 0.217 e. The molecular formula is C10H14N4OS. The number of aromatic nitrogens is 1. The maximum absolute atomic E-state index is 10.5. The van der Waals surface area contributed by atoms with Gasteiger partial charge in [-0.1, -0.05) is 12.2 Å². The van der Waals surface area contributed by atoms with Gasteiger partial charge in [-0.25, -0.2) is 0 Å². The van der Waals surface area contributed by atoms with E-state index in [-0.39, 0.29) is 5.91 Å². The van der Waals surface area contributed by atoms with Crippen LogP contribution in [0.5, 0.6) is 0 Å². The first-order valence-electron chi connectivity index (χ1n) is 4.87. The van der Waals surface area contributed by atoms with Crippen molar-refractivity contribution in [3.63, 3.8) is 0 Å². The van der Waals surface area contributed by atoms with Gasteiger partial charge < -0.3 is 16.8 Å². The number of hydrogen-bond donors (Lipinski definition) is 3. The van der Waals surface area contributed by atoms with Crippen molar-refractivity contribution in [3.8, 4) is 0 Å². The summed E-state index contributed by atoms with van der Waals surface area (Å²) in [6.07, 6.45) is 4.30. The third kappa shape index (κ3) is 3.82. The van der Waals surface area contributed by atoms with E-state index in [1.165, 1.54) is 0 Å². The molecule has 0 atom stereocenters. The van der Waals surface area contributed by atoms with Gasteiger partial charge in [-0.05, 0) is 12.5 Å². The zero-order valence-corrected chi connectivity index (χ0v) is 9.59. The lowest BCUT2D eigenvalue weighted by Gasteiger charge is -2.09. The summed E-state index contributed by atoms with van der Waals surface area (Å²) in [4.78, 5) is 14.8. The molecule has 1 amide bonds. The molecule has 86 valence electrons. The van der Waals surface area contributed by atoms with Crippen LogP contribution in [0.25, 0.3) is 0 Å². The highest BCUT2D eigenvalue weighted by Crippen LogP contribution is 2.12. The van der Waals surface area contributed by atoms with E-state index in [1.54, 1.807) is 18.5 Å². The highest BCUT2D eigenvalue weighted by molar-refractivity contribution is 7.80. The summed E-state index contributed by atoms with van der Waals surface area (Å²) in [7, 11) is 0. The zero-order chi connectivity index (χ0) is 12.0. The lowest BCUT2D eigenvalue weighted by Crippen LogP contribution is -2.16. The van der Waals surface area contributed by atoms with E-state index in [2.05, 4.69) is 10.3 Å². The molecule has 1 rings (SSSR count). The lowest BCUT2D eigenvalue weighted by molar-refractivity contribution is -0.118. The van der Waals surface area contributed by atoms with Crippen molar-refractivity contribution in [2.45, 2.75) is 12.8 Å². The predicted molar refractivity (Wildman–Crippen MR) is 67.0 cm³/mol. The minimum atomic E-state index is -0.303. The van der Waals surface area contributed by atoms with Crippen molar-refractivity contribution in [2.24, 2.45) is 11.5 Å². The zero-order valence-electron chi connectivity index (χ0n) is 8.77. The summed E-state index contributed by atoms with van der Waals surface area (Å²) in [5.41, 5.74) is 12.1. The summed E-state index contributed by atoms with van der Waals surface area (Å²) in [6.45, 7) is 0.629. The first kappa shape index (κ1) is 12.4. The van der Waals surface area contributed by atoms with Gasteiger partial charge in [-0.2, -0.15) is 0 Å². The molecule has 1 heterocycles. The number of nitrogens with zero attached hydrogens (tertiary/aromatic N) is 1. The number of nitrogens with two attached hydrogens (primary N) is 2. The Hall–Kier alpha value is -1.69. The SMILES string of the molecule is NC(=O)CCCNc1cnccc1C(N)=S. The highest BCUT2D eigenvalue weighted by atomic mass is 32.1. The quantitative estimate of drug-likeness (QED) is 0.492. The molecule has 0 radical (unpaired) electrons. The number of rotatable bonds is 6. The molecule has 5 nitrogen and oxygen atoms in total. The Morgan fingerprint density at radius 3 is 2.88 bits per heavy atom. The number of thiocarbonyl (C=S) groups is 1. The normalized spacial score (nSPS) is 9.75. The van der Waals surface area contributed by atoms with Gasteiger partial charge in [0.15, 0.2) is 0 Å². The maximum Gasteiger partial charge on any atom is 0.217 e. The highest BCUT2D eigenvalue weighted by Gasteiger charge is 2.04. The van der Waals surface area contributed by atoms with Gasteiger partial charge in [0.2, 0.25) is 5.91 Å². The van der Waals surface area contributed by atoms with Gasteiger partial charge in [0.1, 0.15) is 4.99 Å². The van der Waals surface area contributed by atoms with Crippen LogP contribution < -0.4 is 16.8 Å². The van der Waals surface area contributed by atoms with Crippen LogP contribution in [0.1, 0.15) is 18.4 Å². The van der Waals surface area contributed by atoms with Crippen LogP contribution in [-0.2, 0) is 4.79 Å². The molecule has 16 heavy (non-hydrogen) atoms. The average Bonchev–Trinajstić information content (AvgIpc) is 2.24. The second-order valence-electron chi connectivity index (χ2n) is 3.28. The monoisotopic (exact) mass is 238 g/mol. The molecule has 0 aliphatic carbocycles. The fraction of sp³-hybridized carbons (Fsp3) is 0.300. The van der Waals surface area contributed by atoms with Crippen molar-refractivity contribution in [2.75, 3.05) is 11.9 Å². The fourth-order valence-electron chi connectivity index (χ4n) is 1.24. The molecule has 0 aliphatic heterocycles. The van der Waals surface area contributed by atoms with E-state index in [4.69, 9.17) is 23.7 Å². The summed E-state index contributed by atoms with van der Waals surface area (Å²) < 4.78 is 0. The maximum atomic E-state index is 10.5. The number of primary amides is 1. The molecule has 5 N–H and O–H groups in total. The Balaban J connectivity index is 2.53. The van der Waals surface area contributed by atoms with Crippen molar-refractivity contribution in [3.05, 3.63) is 24.0 Å². The number of nitrogens with one attached hydrogen (secondary N) is 1. The standard InChI is InChI=1S/C10H14N4OS/c11-9(15)2-1-4-14-8-6-13-5-3-7(8)10(12)16/h3,5-6,14H,1-2,4H2,(H2,11,15)(H2,12,16). The summed E-state index contributed by atoms with van der Waals surface area (Å²) in [6, 6.07) is 1.75. The number of carbonyl (C=O) groups excluding carboxylic acids is 1. The molecule has 0 fully saturated rings.